The monoisotopic (exact) mass is 268 g/mol. The van der Waals surface area contributed by atoms with E-state index in [1.165, 1.54) is 0 Å². The zero-order valence-electron chi connectivity index (χ0n) is 10.6. The lowest BCUT2D eigenvalue weighted by atomic mass is 10.3. The minimum atomic E-state index is 0.787. The Hall–Kier alpha value is -2.20. The van der Waals surface area contributed by atoms with Gasteiger partial charge in [0.1, 0.15) is 0 Å². The van der Waals surface area contributed by atoms with Crippen LogP contribution in [0.5, 0.6) is 0 Å². The summed E-state index contributed by atoms with van der Waals surface area (Å²) in [6.07, 6.45) is 0. The van der Waals surface area contributed by atoms with E-state index < -0.39 is 0 Å². The molecule has 3 aromatic rings. The molecule has 94 valence electrons. The van der Waals surface area contributed by atoms with Crippen molar-refractivity contribution in [3.63, 3.8) is 0 Å². The number of nitrogens with zero attached hydrogens (tertiary/aromatic N) is 2. The Bertz CT molecular complexity index is 742. The van der Waals surface area contributed by atoms with Crippen molar-refractivity contribution in [2.75, 3.05) is 0 Å². The molecule has 19 heavy (non-hydrogen) atoms. The molecule has 0 atom stereocenters. The van der Waals surface area contributed by atoms with E-state index in [-0.39, 0.29) is 0 Å². The Morgan fingerprint density at radius 1 is 0.947 bits per heavy atom. The summed E-state index contributed by atoms with van der Waals surface area (Å²) in [6.45, 7) is 2.02. The van der Waals surface area contributed by atoms with Gasteiger partial charge in [-0.05, 0) is 36.5 Å². The maximum Gasteiger partial charge on any atom is 0.261 e. The van der Waals surface area contributed by atoms with E-state index in [2.05, 4.69) is 5.21 Å². The molecule has 0 amide bonds. The van der Waals surface area contributed by atoms with Gasteiger partial charge in [0, 0.05) is 6.92 Å². The van der Waals surface area contributed by atoms with Crippen LogP contribution in [-0.4, -0.2) is 9.90 Å². The number of hydrogen-bond donors (Lipinski definition) is 1. The third kappa shape index (κ3) is 2.11. The number of nitrogens with one attached hydrogen (secondary N) is 1. The Labute approximate surface area is 116 Å². The molecule has 0 saturated carbocycles. The van der Waals surface area contributed by atoms with E-state index in [0.717, 1.165) is 21.7 Å². The molecule has 0 fully saturated rings. The molecule has 0 bridgehead atoms. The van der Waals surface area contributed by atoms with Gasteiger partial charge in [-0.3, -0.25) is 0 Å². The van der Waals surface area contributed by atoms with Gasteiger partial charge >= 0.3 is 0 Å². The van der Waals surface area contributed by atoms with Crippen molar-refractivity contribution in [1.29, 1.82) is 0 Å². The summed E-state index contributed by atoms with van der Waals surface area (Å²) < 4.78 is 4.70. The van der Waals surface area contributed by atoms with Crippen molar-refractivity contribution in [2.24, 2.45) is 0 Å². The largest absolute Gasteiger partial charge is 0.261 e. The minimum Gasteiger partial charge on any atom is -0.127 e. The molecule has 0 aliphatic rings. The van der Waals surface area contributed by atoms with Crippen molar-refractivity contribution >= 4 is 12.2 Å². The van der Waals surface area contributed by atoms with Crippen LogP contribution in [0.4, 0.5) is 0 Å². The maximum absolute atomic E-state index is 5.51. The Kier molecular flexibility index (Phi) is 3.01. The van der Waals surface area contributed by atoms with E-state index in [9.17, 15) is 0 Å². The summed E-state index contributed by atoms with van der Waals surface area (Å²) >= 11 is 5.51. The van der Waals surface area contributed by atoms with Crippen LogP contribution < -0.4 is 4.68 Å². The van der Waals surface area contributed by atoms with Gasteiger partial charge < -0.3 is 0 Å². The van der Waals surface area contributed by atoms with Crippen molar-refractivity contribution in [2.45, 2.75) is 6.92 Å². The fourth-order valence-electron chi connectivity index (χ4n) is 2.06. The molecule has 1 heterocycles. The molecule has 1 N–H and O–H groups in total. The van der Waals surface area contributed by atoms with Gasteiger partial charge in [-0.15, -0.1) is 9.36 Å². The number of benzene rings is 2. The fraction of sp³-hybridized carbons (Fsp3) is 0.0667. The highest BCUT2D eigenvalue weighted by Crippen LogP contribution is 2.09. The number of aromatic amines is 1. The highest BCUT2D eigenvalue weighted by Gasteiger charge is 2.16. The van der Waals surface area contributed by atoms with Crippen molar-refractivity contribution in [3.8, 4) is 11.4 Å². The Morgan fingerprint density at radius 2 is 1.53 bits per heavy atom. The van der Waals surface area contributed by atoms with Crippen LogP contribution in [0.3, 0.4) is 0 Å². The molecular weight excluding hydrogens is 254 g/mol. The lowest BCUT2D eigenvalue weighted by Gasteiger charge is -1.96. The molecule has 1 aromatic heterocycles. The second-order valence-corrected chi connectivity index (χ2v) is 4.72. The first-order valence-corrected chi connectivity index (χ1v) is 6.53. The zero-order chi connectivity index (χ0) is 13.2. The van der Waals surface area contributed by atoms with Crippen LogP contribution in [-0.2, 0) is 0 Å². The highest BCUT2D eigenvalue weighted by atomic mass is 32.1. The van der Waals surface area contributed by atoms with Crippen LogP contribution >= 0.6 is 12.2 Å². The average Bonchev–Trinajstić information content (AvgIpc) is 2.77. The molecule has 3 rings (SSSR count). The third-order valence-electron chi connectivity index (χ3n) is 3.08. The lowest BCUT2D eigenvalue weighted by Crippen LogP contribution is -2.36. The summed E-state index contributed by atoms with van der Waals surface area (Å²) in [5, 5.41) is 3.31. The first-order chi connectivity index (χ1) is 9.27. The smallest absolute Gasteiger partial charge is 0.127 e. The molecule has 0 spiro atoms. The van der Waals surface area contributed by atoms with Crippen LogP contribution in [0.2, 0.25) is 0 Å². The second kappa shape index (κ2) is 4.82. The standard InChI is InChI=1S/C15H13N3S/c1-12-15(19)18(14-10-6-3-7-11-14)16-17(12)13-8-4-2-5-9-13/h2-11H,1H3/p+1. The van der Waals surface area contributed by atoms with Gasteiger partial charge in [-0.1, -0.05) is 41.6 Å². The van der Waals surface area contributed by atoms with Crippen molar-refractivity contribution < 1.29 is 4.68 Å². The molecule has 3 nitrogen and oxygen atoms in total. The van der Waals surface area contributed by atoms with E-state index in [1.807, 2.05) is 77.0 Å². The fourth-order valence-corrected chi connectivity index (χ4v) is 2.30. The summed E-state index contributed by atoms with van der Waals surface area (Å²) in [5.74, 6) is 0. The lowest BCUT2D eigenvalue weighted by molar-refractivity contribution is -0.667. The van der Waals surface area contributed by atoms with E-state index in [1.54, 1.807) is 0 Å². The molecule has 0 aliphatic heterocycles. The molecule has 2 aromatic carbocycles. The van der Waals surface area contributed by atoms with Gasteiger partial charge in [-0.2, -0.15) is 0 Å². The van der Waals surface area contributed by atoms with Crippen molar-refractivity contribution in [3.05, 3.63) is 71.0 Å². The van der Waals surface area contributed by atoms with Gasteiger partial charge in [-0.25, -0.2) is 0 Å². The quantitative estimate of drug-likeness (QED) is 0.560. The molecule has 0 unspecified atom stereocenters. The summed E-state index contributed by atoms with van der Waals surface area (Å²) in [5.41, 5.74) is 3.12. The molecule has 0 radical (unpaired) electrons. The molecular formula is C15H14N3S+. The number of aromatic nitrogens is 3. The molecule has 4 heteroatoms. The normalized spacial score (nSPS) is 10.6. The van der Waals surface area contributed by atoms with Gasteiger partial charge in [0.25, 0.3) is 4.64 Å². The minimum absolute atomic E-state index is 0.787. The van der Waals surface area contributed by atoms with Crippen LogP contribution in [0.25, 0.3) is 11.4 Å². The Balaban J connectivity index is 2.19. The van der Waals surface area contributed by atoms with Gasteiger partial charge in [0.2, 0.25) is 0 Å². The van der Waals surface area contributed by atoms with Gasteiger partial charge in [0.15, 0.2) is 17.1 Å². The molecule has 0 saturated heterocycles. The third-order valence-corrected chi connectivity index (χ3v) is 3.55. The SMILES string of the molecule is Cc1c(=S)n(-c2ccccc2)[nH][n+]1-c1ccccc1. The zero-order valence-corrected chi connectivity index (χ0v) is 11.4. The number of rotatable bonds is 2. The summed E-state index contributed by atoms with van der Waals surface area (Å²) in [4.78, 5) is 0. The maximum atomic E-state index is 5.51. The number of hydrogen-bond acceptors (Lipinski definition) is 1. The van der Waals surface area contributed by atoms with E-state index >= 15 is 0 Å². The predicted molar refractivity (Wildman–Crippen MR) is 77.2 cm³/mol. The predicted octanol–water partition coefficient (Wildman–Crippen LogP) is 3.12. The van der Waals surface area contributed by atoms with E-state index in [0.29, 0.717) is 0 Å². The Morgan fingerprint density at radius 3 is 2.16 bits per heavy atom. The first kappa shape index (κ1) is 11.9. The highest BCUT2D eigenvalue weighted by molar-refractivity contribution is 7.71. The second-order valence-electron chi connectivity index (χ2n) is 4.33. The van der Waals surface area contributed by atoms with Crippen LogP contribution in [0.1, 0.15) is 5.69 Å². The topological polar surface area (TPSA) is 24.6 Å². The number of H-pyrrole nitrogens is 1. The van der Waals surface area contributed by atoms with E-state index in [4.69, 9.17) is 12.2 Å². The average molecular weight is 268 g/mol. The van der Waals surface area contributed by atoms with Crippen molar-refractivity contribution in [1.82, 2.24) is 9.90 Å². The van der Waals surface area contributed by atoms with Crippen LogP contribution in [0.15, 0.2) is 60.7 Å². The summed E-state index contributed by atoms with van der Waals surface area (Å²) in [7, 11) is 0. The van der Waals surface area contributed by atoms with Crippen LogP contribution in [0, 0.1) is 11.6 Å². The summed E-state index contributed by atoms with van der Waals surface area (Å²) in [6, 6.07) is 20.2. The number of para-hydroxylation sites is 2. The molecule has 0 aliphatic carbocycles. The van der Waals surface area contributed by atoms with Gasteiger partial charge in [0.05, 0.1) is 0 Å². The first-order valence-electron chi connectivity index (χ1n) is 6.12.